The molecule has 2 nitrogen and oxygen atoms in total. The van der Waals surface area contributed by atoms with E-state index in [-0.39, 0.29) is 10.8 Å². The summed E-state index contributed by atoms with van der Waals surface area (Å²) in [6.07, 6.45) is 5.07. The van der Waals surface area contributed by atoms with E-state index in [2.05, 4.69) is 9.55 Å². The van der Waals surface area contributed by atoms with Gasteiger partial charge in [0, 0.05) is 12.1 Å². The van der Waals surface area contributed by atoms with Crippen LogP contribution in [0.3, 0.4) is 0 Å². The van der Waals surface area contributed by atoms with E-state index in [0.717, 1.165) is 22.8 Å². The maximum Gasteiger partial charge on any atom is 0.144 e. The van der Waals surface area contributed by atoms with E-state index in [0.29, 0.717) is 17.8 Å². The Kier molecular flexibility index (Phi) is 2.97. The molecule has 1 heterocycles. The standard InChI is InChI=1S/C15H15Cl2FN2/c16-7-15-19-12-5-10(17)11(18)6-14(12)20(15)13-4-8-1-2-9(13)3-8/h5-6,8-9,13H,1-4,7H2. The first-order valence-corrected chi connectivity index (χ1v) is 8.00. The van der Waals surface area contributed by atoms with E-state index in [4.69, 9.17) is 23.2 Å². The second kappa shape index (κ2) is 4.60. The van der Waals surface area contributed by atoms with E-state index in [1.165, 1.54) is 31.7 Å². The first-order valence-electron chi connectivity index (χ1n) is 7.09. The smallest absolute Gasteiger partial charge is 0.144 e. The fraction of sp³-hybridized carbons (Fsp3) is 0.533. The molecule has 4 rings (SSSR count). The fourth-order valence-electron chi connectivity index (χ4n) is 4.13. The number of imidazole rings is 1. The van der Waals surface area contributed by atoms with Gasteiger partial charge in [-0.2, -0.15) is 0 Å². The summed E-state index contributed by atoms with van der Waals surface area (Å²) in [7, 11) is 0. The highest BCUT2D eigenvalue weighted by Crippen LogP contribution is 2.51. The molecule has 0 aliphatic heterocycles. The molecule has 2 fully saturated rings. The lowest BCUT2D eigenvalue weighted by atomic mass is 9.95. The van der Waals surface area contributed by atoms with Crippen LogP contribution in [-0.2, 0) is 5.88 Å². The monoisotopic (exact) mass is 312 g/mol. The van der Waals surface area contributed by atoms with Crippen LogP contribution in [0.15, 0.2) is 12.1 Å². The van der Waals surface area contributed by atoms with Gasteiger partial charge in [0.15, 0.2) is 0 Å². The van der Waals surface area contributed by atoms with Gasteiger partial charge in [-0.3, -0.25) is 0 Å². The van der Waals surface area contributed by atoms with Crippen molar-refractivity contribution in [3.8, 4) is 0 Å². The lowest BCUT2D eigenvalue weighted by Gasteiger charge is -2.25. The van der Waals surface area contributed by atoms with E-state index in [1.54, 1.807) is 6.07 Å². The van der Waals surface area contributed by atoms with Crippen LogP contribution < -0.4 is 0 Å². The zero-order chi connectivity index (χ0) is 13.9. The maximum absolute atomic E-state index is 13.8. The van der Waals surface area contributed by atoms with Crippen molar-refractivity contribution in [2.24, 2.45) is 11.8 Å². The number of hydrogen-bond donors (Lipinski definition) is 0. The van der Waals surface area contributed by atoms with Crippen molar-refractivity contribution in [1.82, 2.24) is 9.55 Å². The molecule has 2 bridgehead atoms. The van der Waals surface area contributed by atoms with Crippen molar-refractivity contribution >= 4 is 34.2 Å². The van der Waals surface area contributed by atoms with Gasteiger partial charge in [0.05, 0.1) is 21.9 Å². The molecular weight excluding hydrogens is 298 g/mol. The molecule has 3 atom stereocenters. The molecule has 0 amide bonds. The number of alkyl halides is 1. The Bertz CT molecular complexity index is 682. The zero-order valence-corrected chi connectivity index (χ0v) is 12.5. The molecule has 1 aromatic carbocycles. The number of rotatable bonds is 2. The van der Waals surface area contributed by atoms with Gasteiger partial charge in [-0.05, 0) is 37.2 Å². The number of nitrogens with zero attached hydrogens (tertiary/aromatic N) is 2. The van der Waals surface area contributed by atoms with Crippen LogP contribution in [0.2, 0.25) is 5.02 Å². The highest BCUT2D eigenvalue weighted by atomic mass is 35.5. The van der Waals surface area contributed by atoms with Crippen LogP contribution in [0.1, 0.15) is 37.5 Å². The van der Waals surface area contributed by atoms with Gasteiger partial charge < -0.3 is 4.57 Å². The molecule has 3 unspecified atom stereocenters. The summed E-state index contributed by atoms with van der Waals surface area (Å²) in [4.78, 5) is 4.54. The van der Waals surface area contributed by atoms with Crippen molar-refractivity contribution in [3.63, 3.8) is 0 Å². The lowest BCUT2D eigenvalue weighted by molar-refractivity contribution is 0.331. The quantitative estimate of drug-likeness (QED) is 0.719. The normalized spacial score (nSPS) is 28.6. The average Bonchev–Trinajstić information content (AvgIpc) is 3.12. The van der Waals surface area contributed by atoms with Crippen molar-refractivity contribution < 1.29 is 4.39 Å². The van der Waals surface area contributed by atoms with Gasteiger partial charge >= 0.3 is 0 Å². The molecule has 2 saturated carbocycles. The minimum atomic E-state index is -0.385. The van der Waals surface area contributed by atoms with Gasteiger partial charge in [-0.25, -0.2) is 9.37 Å². The van der Waals surface area contributed by atoms with Gasteiger partial charge in [-0.15, -0.1) is 11.6 Å². The third-order valence-corrected chi connectivity index (χ3v) is 5.49. The molecule has 5 heteroatoms. The Labute approximate surface area is 126 Å². The van der Waals surface area contributed by atoms with Crippen LogP contribution in [0.25, 0.3) is 11.0 Å². The average molecular weight is 313 g/mol. The molecule has 20 heavy (non-hydrogen) atoms. The fourth-order valence-corrected chi connectivity index (χ4v) is 4.48. The van der Waals surface area contributed by atoms with Crippen LogP contribution in [0, 0.1) is 17.7 Å². The molecule has 0 radical (unpaired) electrons. The second-order valence-corrected chi connectivity index (χ2v) is 6.70. The summed E-state index contributed by atoms with van der Waals surface area (Å²) in [6.45, 7) is 0. The number of fused-ring (bicyclic) bond motifs is 3. The van der Waals surface area contributed by atoms with E-state index < -0.39 is 0 Å². The largest absolute Gasteiger partial charge is 0.323 e. The van der Waals surface area contributed by atoms with Crippen LogP contribution in [0.4, 0.5) is 4.39 Å². The van der Waals surface area contributed by atoms with Gasteiger partial charge in [0.25, 0.3) is 0 Å². The first kappa shape index (κ1) is 12.9. The van der Waals surface area contributed by atoms with Crippen molar-refractivity contribution in [3.05, 3.63) is 28.8 Å². The number of aromatic nitrogens is 2. The van der Waals surface area contributed by atoms with Crippen molar-refractivity contribution in [2.75, 3.05) is 0 Å². The Morgan fingerprint density at radius 1 is 1.30 bits per heavy atom. The summed E-state index contributed by atoms with van der Waals surface area (Å²) in [5, 5.41) is 0.121. The Hall–Kier alpha value is -0.800. The maximum atomic E-state index is 13.8. The van der Waals surface area contributed by atoms with Gasteiger partial charge in [-0.1, -0.05) is 18.0 Å². The third-order valence-electron chi connectivity index (χ3n) is 4.96. The lowest BCUT2D eigenvalue weighted by Crippen LogP contribution is -2.18. The predicted octanol–water partition coefficient (Wildman–Crippen LogP) is 4.93. The molecule has 0 saturated heterocycles. The molecule has 2 aliphatic rings. The number of benzene rings is 1. The summed E-state index contributed by atoms with van der Waals surface area (Å²) >= 11 is 11.9. The number of halogens is 3. The Morgan fingerprint density at radius 3 is 2.80 bits per heavy atom. The third kappa shape index (κ3) is 1.79. The summed E-state index contributed by atoms with van der Waals surface area (Å²) in [6, 6.07) is 3.53. The van der Waals surface area contributed by atoms with Crippen LogP contribution >= 0.6 is 23.2 Å². The second-order valence-electron chi connectivity index (χ2n) is 6.03. The molecule has 0 spiro atoms. The summed E-state index contributed by atoms with van der Waals surface area (Å²) in [5.74, 6) is 2.31. The Morgan fingerprint density at radius 2 is 2.15 bits per heavy atom. The summed E-state index contributed by atoms with van der Waals surface area (Å²) < 4.78 is 16.0. The van der Waals surface area contributed by atoms with Gasteiger partial charge in [0.2, 0.25) is 0 Å². The highest BCUT2D eigenvalue weighted by molar-refractivity contribution is 6.31. The topological polar surface area (TPSA) is 17.8 Å². The van der Waals surface area contributed by atoms with Crippen LogP contribution in [-0.4, -0.2) is 9.55 Å². The molecule has 2 aliphatic carbocycles. The van der Waals surface area contributed by atoms with Gasteiger partial charge in [0.1, 0.15) is 11.6 Å². The van der Waals surface area contributed by atoms with Crippen molar-refractivity contribution in [2.45, 2.75) is 37.6 Å². The molecular formula is C15H15Cl2FN2. The predicted molar refractivity (Wildman–Crippen MR) is 78.7 cm³/mol. The SMILES string of the molecule is Fc1cc2c(cc1Cl)nc(CCl)n2C1CC2CCC1C2. The molecule has 106 valence electrons. The van der Waals surface area contributed by atoms with E-state index >= 15 is 0 Å². The van der Waals surface area contributed by atoms with Crippen molar-refractivity contribution in [1.29, 1.82) is 0 Å². The minimum absolute atomic E-state index is 0.121. The minimum Gasteiger partial charge on any atom is -0.323 e. The summed E-state index contributed by atoms with van der Waals surface area (Å²) in [5.41, 5.74) is 1.58. The number of hydrogen-bond acceptors (Lipinski definition) is 1. The molecule has 1 aromatic heterocycles. The van der Waals surface area contributed by atoms with Crippen LogP contribution in [0.5, 0.6) is 0 Å². The van der Waals surface area contributed by atoms with E-state index in [1.807, 2.05) is 0 Å². The Balaban J connectivity index is 1.90. The first-order chi connectivity index (χ1) is 9.67. The zero-order valence-electron chi connectivity index (χ0n) is 11.0. The molecule has 2 aromatic rings. The highest BCUT2D eigenvalue weighted by Gasteiger charge is 2.41. The van der Waals surface area contributed by atoms with E-state index in [9.17, 15) is 4.39 Å². The molecule has 0 N–H and O–H groups in total.